The summed E-state index contributed by atoms with van der Waals surface area (Å²) in [5.74, 6) is 0. The standard InChI is InChI=1S/C16H21N3O3S2/c20-16-9-8-14(15-7-4-12-23-15)18-19(16)11-10-17-24(21,22)13-5-2-1-3-6-13/h4,7-9,12-13,17H,1-3,5-6,10-11H2. The second-order valence-electron chi connectivity index (χ2n) is 5.96. The molecule has 0 saturated heterocycles. The van der Waals surface area contributed by atoms with Crippen molar-refractivity contribution >= 4 is 21.4 Å². The van der Waals surface area contributed by atoms with E-state index in [0.717, 1.165) is 42.7 Å². The fourth-order valence-electron chi connectivity index (χ4n) is 2.95. The zero-order valence-electron chi connectivity index (χ0n) is 13.3. The van der Waals surface area contributed by atoms with Crippen molar-refractivity contribution in [2.75, 3.05) is 6.54 Å². The molecule has 0 bridgehead atoms. The van der Waals surface area contributed by atoms with E-state index in [1.807, 2.05) is 17.5 Å². The lowest BCUT2D eigenvalue weighted by Crippen LogP contribution is -2.38. The van der Waals surface area contributed by atoms with Gasteiger partial charge in [0, 0.05) is 12.6 Å². The van der Waals surface area contributed by atoms with Gasteiger partial charge < -0.3 is 0 Å². The minimum atomic E-state index is -3.31. The second-order valence-corrected chi connectivity index (χ2v) is 8.95. The molecule has 130 valence electrons. The lowest BCUT2D eigenvalue weighted by atomic mass is 10.0. The zero-order chi connectivity index (χ0) is 17.0. The van der Waals surface area contributed by atoms with E-state index in [9.17, 15) is 13.2 Å². The molecule has 8 heteroatoms. The van der Waals surface area contributed by atoms with E-state index in [0.29, 0.717) is 0 Å². The lowest BCUT2D eigenvalue weighted by molar-refractivity contribution is 0.474. The average Bonchev–Trinajstić information content (AvgIpc) is 3.12. The van der Waals surface area contributed by atoms with Gasteiger partial charge in [-0.25, -0.2) is 17.8 Å². The van der Waals surface area contributed by atoms with Crippen molar-refractivity contribution in [1.29, 1.82) is 0 Å². The molecule has 6 nitrogen and oxygen atoms in total. The third-order valence-electron chi connectivity index (χ3n) is 4.26. The highest BCUT2D eigenvalue weighted by atomic mass is 32.2. The molecular weight excluding hydrogens is 346 g/mol. The number of aromatic nitrogens is 2. The fraction of sp³-hybridized carbons (Fsp3) is 0.500. The van der Waals surface area contributed by atoms with E-state index in [2.05, 4.69) is 9.82 Å². The third-order valence-corrected chi connectivity index (χ3v) is 7.11. The molecule has 2 aromatic heterocycles. The molecule has 0 aliphatic heterocycles. The Labute approximate surface area is 145 Å². The van der Waals surface area contributed by atoms with E-state index in [1.54, 1.807) is 17.4 Å². The minimum Gasteiger partial charge on any atom is -0.268 e. The van der Waals surface area contributed by atoms with Crippen molar-refractivity contribution in [2.45, 2.75) is 43.9 Å². The normalized spacial score (nSPS) is 16.3. The van der Waals surface area contributed by atoms with Crippen LogP contribution in [0.1, 0.15) is 32.1 Å². The van der Waals surface area contributed by atoms with Gasteiger partial charge in [-0.2, -0.15) is 5.10 Å². The maximum absolute atomic E-state index is 12.3. The van der Waals surface area contributed by atoms with Crippen molar-refractivity contribution < 1.29 is 8.42 Å². The Morgan fingerprint density at radius 2 is 2.00 bits per heavy atom. The van der Waals surface area contributed by atoms with Crippen LogP contribution in [0.2, 0.25) is 0 Å². The number of thiophene rings is 1. The molecule has 0 amide bonds. The van der Waals surface area contributed by atoms with E-state index in [-0.39, 0.29) is 23.9 Å². The van der Waals surface area contributed by atoms with Crippen molar-refractivity contribution in [3.63, 3.8) is 0 Å². The Bertz CT molecular complexity index is 823. The maximum Gasteiger partial charge on any atom is 0.266 e. The van der Waals surface area contributed by atoms with E-state index in [4.69, 9.17) is 0 Å². The molecule has 3 rings (SSSR count). The van der Waals surface area contributed by atoms with Crippen LogP contribution in [0.15, 0.2) is 34.4 Å². The van der Waals surface area contributed by atoms with Gasteiger partial charge >= 0.3 is 0 Å². The summed E-state index contributed by atoms with van der Waals surface area (Å²) in [7, 11) is -3.31. The van der Waals surface area contributed by atoms with Crippen LogP contribution in [0.5, 0.6) is 0 Å². The molecule has 0 spiro atoms. The Balaban J connectivity index is 1.64. The maximum atomic E-state index is 12.3. The quantitative estimate of drug-likeness (QED) is 0.849. The summed E-state index contributed by atoms with van der Waals surface area (Å²) in [6, 6.07) is 7.03. The van der Waals surface area contributed by atoms with E-state index >= 15 is 0 Å². The monoisotopic (exact) mass is 367 g/mol. The largest absolute Gasteiger partial charge is 0.268 e. The molecule has 2 heterocycles. The molecule has 24 heavy (non-hydrogen) atoms. The molecule has 0 unspecified atom stereocenters. The van der Waals surface area contributed by atoms with E-state index in [1.165, 1.54) is 10.7 Å². The summed E-state index contributed by atoms with van der Waals surface area (Å²) < 4.78 is 28.5. The Kier molecular flexibility index (Phi) is 5.47. The van der Waals surface area contributed by atoms with Gasteiger partial charge in [-0.1, -0.05) is 25.3 Å². The molecule has 1 aliphatic carbocycles. The van der Waals surface area contributed by atoms with Crippen LogP contribution in [0.3, 0.4) is 0 Å². The first-order valence-electron chi connectivity index (χ1n) is 8.17. The lowest BCUT2D eigenvalue weighted by Gasteiger charge is -2.22. The molecule has 1 saturated carbocycles. The summed E-state index contributed by atoms with van der Waals surface area (Å²) in [6.45, 7) is 0.406. The molecule has 2 aromatic rings. The number of nitrogens with zero attached hydrogens (tertiary/aromatic N) is 2. The first-order valence-corrected chi connectivity index (χ1v) is 10.6. The van der Waals surface area contributed by atoms with E-state index < -0.39 is 10.0 Å². The smallest absolute Gasteiger partial charge is 0.266 e. The first-order chi connectivity index (χ1) is 11.6. The number of nitrogens with one attached hydrogen (secondary N) is 1. The number of hydrogen-bond acceptors (Lipinski definition) is 5. The van der Waals surface area contributed by atoms with Gasteiger partial charge in [0.1, 0.15) is 5.69 Å². The Hall–Kier alpha value is -1.51. The highest BCUT2D eigenvalue weighted by molar-refractivity contribution is 7.90. The van der Waals surface area contributed by atoms with Gasteiger partial charge in [0.15, 0.2) is 0 Å². The van der Waals surface area contributed by atoms with Crippen LogP contribution in [0.4, 0.5) is 0 Å². The molecule has 0 aromatic carbocycles. The topological polar surface area (TPSA) is 81.1 Å². The second kappa shape index (κ2) is 7.58. The first kappa shape index (κ1) is 17.3. The van der Waals surface area contributed by atoms with Crippen LogP contribution >= 0.6 is 11.3 Å². The molecule has 0 atom stereocenters. The summed E-state index contributed by atoms with van der Waals surface area (Å²) in [6.07, 6.45) is 4.49. The fourth-order valence-corrected chi connectivity index (χ4v) is 5.21. The zero-order valence-corrected chi connectivity index (χ0v) is 15.0. The highest BCUT2D eigenvalue weighted by Gasteiger charge is 2.26. The third kappa shape index (κ3) is 4.12. The van der Waals surface area contributed by atoms with Crippen molar-refractivity contribution in [3.05, 3.63) is 40.0 Å². The van der Waals surface area contributed by atoms with Gasteiger partial charge in [0.2, 0.25) is 10.0 Å². The van der Waals surface area contributed by atoms with Crippen molar-refractivity contribution in [2.24, 2.45) is 0 Å². The minimum absolute atomic E-state index is 0.180. The predicted molar refractivity (Wildman–Crippen MR) is 95.6 cm³/mol. The van der Waals surface area contributed by atoms with Crippen LogP contribution in [-0.4, -0.2) is 30.0 Å². The molecule has 1 aliphatic rings. The molecular formula is C16H21N3O3S2. The molecule has 1 fully saturated rings. The van der Waals surface area contributed by atoms with Crippen LogP contribution in [0.25, 0.3) is 10.6 Å². The van der Waals surface area contributed by atoms with Crippen molar-refractivity contribution in [3.8, 4) is 10.6 Å². The van der Waals surface area contributed by atoms with Gasteiger partial charge in [-0.05, 0) is 30.4 Å². The van der Waals surface area contributed by atoms with Gasteiger partial charge in [-0.3, -0.25) is 4.79 Å². The summed E-state index contributed by atoms with van der Waals surface area (Å²) >= 11 is 1.55. The predicted octanol–water partition coefficient (Wildman–Crippen LogP) is 2.22. The van der Waals surface area contributed by atoms with Crippen molar-refractivity contribution in [1.82, 2.24) is 14.5 Å². The summed E-state index contributed by atoms with van der Waals surface area (Å²) in [4.78, 5) is 12.9. The average molecular weight is 367 g/mol. The highest BCUT2D eigenvalue weighted by Crippen LogP contribution is 2.23. The van der Waals surface area contributed by atoms with Crippen LogP contribution in [-0.2, 0) is 16.6 Å². The van der Waals surface area contributed by atoms with Gasteiger partial charge in [-0.15, -0.1) is 11.3 Å². The van der Waals surface area contributed by atoms with Gasteiger partial charge in [0.25, 0.3) is 5.56 Å². The Morgan fingerprint density at radius 1 is 1.21 bits per heavy atom. The van der Waals surface area contributed by atoms with Crippen LogP contribution in [0, 0.1) is 0 Å². The summed E-state index contributed by atoms with van der Waals surface area (Å²) in [5.41, 5.74) is 0.493. The van der Waals surface area contributed by atoms with Gasteiger partial charge in [0.05, 0.1) is 16.7 Å². The number of hydrogen-bond donors (Lipinski definition) is 1. The molecule has 0 radical (unpaired) electrons. The molecule has 1 N–H and O–H groups in total. The Morgan fingerprint density at radius 3 is 2.71 bits per heavy atom. The SMILES string of the molecule is O=c1ccc(-c2cccs2)nn1CCNS(=O)(=O)C1CCCCC1. The van der Waals surface area contributed by atoms with Crippen LogP contribution < -0.4 is 10.3 Å². The number of sulfonamides is 1. The number of rotatable bonds is 6. The summed E-state index contributed by atoms with van der Waals surface area (Å²) in [5, 5.41) is 5.98.